The Bertz CT molecular complexity index is 1340. The molecule has 0 saturated heterocycles. The van der Waals surface area contributed by atoms with Crippen molar-refractivity contribution in [1.29, 1.82) is 0 Å². The molecular formula is C25H28ClF6N3O4S. The molecule has 0 fully saturated rings. The first kappa shape index (κ1) is 32.0. The van der Waals surface area contributed by atoms with Crippen molar-refractivity contribution in [3.8, 4) is 5.75 Å². The molecule has 0 saturated carbocycles. The van der Waals surface area contributed by atoms with Crippen molar-refractivity contribution < 1.29 is 44.3 Å². The summed E-state index contributed by atoms with van der Waals surface area (Å²) in [7, 11) is -5.07. The molecule has 2 aromatic rings. The molecule has 1 amide bonds. The van der Waals surface area contributed by atoms with Crippen molar-refractivity contribution in [2.75, 3.05) is 6.61 Å². The lowest BCUT2D eigenvalue weighted by molar-refractivity contribution is -0.158. The molecular weight excluding hydrogens is 588 g/mol. The first-order valence-corrected chi connectivity index (χ1v) is 13.9. The fourth-order valence-electron chi connectivity index (χ4n) is 3.85. The van der Waals surface area contributed by atoms with Crippen molar-refractivity contribution in [3.63, 3.8) is 0 Å². The fourth-order valence-corrected chi connectivity index (χ4v) is 5.36. The third kappa shape index (κ3) is 8.48. The SMILES string of the molecule is CC(C)(C)NCc1cc2c(cc1Cl)[C@H](NC(=O)C[C@H](NS(=O)(=O)c1cccc(C(F)(F)F)c1)C(F)(F)F)CCO2. The summed E-state index contributed by atoms with van der Waals surface area (Å²) >= 11 is 6.40. The summed E-state index contributed by atoms with van der Waals surface area (Å²) in [5.74, 6) is -0.745. The molecule has 2 atom stereocenters. The van der Waals surface area contributed by atoms with Gasteiger partial charge in [0, 0.05) is 29.1 Å². The van der Waals surface area contributed by atoms with Crippen LogP contribution in [0.5, 0.6) is 5.75 Å². The molecule has 0 bridgehead atoms. The minimum atomic E-state index is -5.22. The van der Waals surface area contributed by atoms with Crippen LogP contribution in [0.2, 0.25) is 5.02 Å². The Labute approximate surface area is 232 Å². The molecule has 2 aromatic carbocycles. The third-order valence-electron chi connectivity index (χ3n) is 5.92. The number of benzene rings is 2. The van der Waals surface area contributed by atoms with Crippen molar-refractivity contribution >= 4 is 27.5 Å². The number of rotatable bonds is 8. The number of ether oxygens (including phenoxy) is 1. The molecule has 0 unspecified atom stereocenters. The van der Waals surface area contributed by atoms with Gasteiger partial charge in [-0.25, -0.2) is 8.42 Å². The molecule has 0 spiro atoms. The lowest BCUT2D eigenvalue weighted by Crippen LogP contribution is -2.48. The smallest absolute Gasteiger partial charge is 0.416 e. The van der Waals surface area contributed by atoms with Gasteiger partial charge in [0.2, 0.25) is 15.9 Å². The monoisotopic (exact) mass is 615 g/mol. The van der Waals surface area contributed by atoms with Gasteiger partial charge in [0.1, 0.15) is 11.8 Å². The van der Waals surface area contributed by atoms with Crippen LogP contribution in [0, 0.1) is 0 Å². The van der Waals surface area contributed by atoms with E-state index in [1.807, 2.05) is 20.8 Å². The summed E-state index contributed by atoms with van der Waals surface area (Å²) in [6, 6.07) is 1.83. The topological polar surface area (TPSA) is 96.5 Å². The summed E-state index contributed by atoms with van der Waals surface area (Å²) in [5, 5.41) is 6.09. The van der Waals surface area contributed by atoms with Gasteiger partial charge in [-0.05, 0) is 56.7 Å². The van der Waals surface area contributed by atoms with Crippen LogP contribution in [0.3, 0.4) is 0 Å². The molecule has 7 nitrogen and oxygen atoms in total. The largest absolute Gasteiger partial charge is 0.493 e. The highest BCUT2D eigenvalue weighted by molar-refractivity contribution is 7.89. The van der Waals surface area contributed by atoms with Gasteiger partial charge in [0.15, 0.2) is 0 Å². The highest BCUT2D eigenvalue weighted by Gasteiger charge is 2.44. The van der Waals surface area contributed by atoms with E-state index in [1.165, 1.54) is 4.72 Å². The van der Waals surface area contributed by atoms with Gasteiger partial charge in [0.25, 0.3) is 0 Å². The molecule has 3 N–H and O–H groups in total. The third-order valence-corrected chi connectivity index (χ3v) is 7.74. The van der Waals surface area contributed by atoms with E-state index < -0.39 is 57.2 Å². The number of halogens is 7. The number of hydrogen-bond donors (Lipinski definition) is 3. The molecule has 3 rings (SSSR count). The van der Waals surface area contributed by atoms with Crippen molar-refractivity contribution in [3.05, 3.63) is 58.1 Å². The van der Waals surface area contributed by atoms with E-state index in [1.54, 1.807) is 12.1 Å². The van der Waals surface area contributed by atoms with Crippen molar-refractivity contribution in [2.24, 2.45) is 0 Å². The molecule has 0 aliphatic carbocycles. The number of hydrogen-bond acceptors (Lipinski definition) is 5. The minimum Gasteiger partial charge on any atom is -0.493 e. The Morgan fingerprint density at radius 1 is 1.10 bits per heavy atom. The van der Waals surface area contributed by atoms with Gasteiger partial charge in [-0.2, -0.15) is 31.1 Å². The molecule has 0 radical (unpaired) electrons. The predicted molar refractivity (Wildman–Crippen MR) is 135 cm³/mol. The van der Waals surface area contributed by atoms with E-state index >= 15 is 0 Å². The summed E-state index contributed by atoms with van der Waals surface area (Å²) in [5.41, 5.74) is -0.402. The standard InChI is InChI=1S/C25H28ClF6N3O4S/c1-23(2,3)33-13-14-9-20-17(11-18(14)26)19(7-8-39-20)34-22(36)12-21(25(30,31)32)35-40(37,38)16-6-4-5-15(10-16)24(27,28)29/h4-6,9-11,19,21,33,35H,7-8,12-13H2,1-3H3,(H,34,36)/t19-,21+/m1/s1. The van der Waals surface area contributed by atoms with E-state index in [4.69, 9.17) is 16.3 Å². The summed E-state index contributed by atoms with van der Waals surface area (Å²) in [6.07, 6.45) is -11.3. The average Bonchev–Trinajstić information content (AvgIpc) is 2.81. The number of amides is 1. The maximum atomic E-state index is 13.7. The quantitative estimate of drug-likeness (QED) is 0.342. The van der Waals surface area contributed by atoms with Crippen LogP contribution >= 0.6 is 11.6 Å². The zero-order valence-electron chi connectivity index (χ0n) is 21.6. The highest BCUT2D eigenvalue weighted by Crippen LogP contribution is 2.37. The van der Waals surface area contributed by atoms with Gasteiger partial charge >= 0.3 is 12.4 Å². The van der Waals surface area contributed by atoms with E-state index in [0.29, 0.717) is 34.5 Å². The summed E-state index contributed by atoms with van der Waals surface area (Å²) in [6.45, 7) is 6.46. The van der Waals surface area contributed by atoms with Crippen LogP contribution in [-0.4, -0.2) is 38.7 Å². The maximum absolute atomic E-state index is 13.7. The first-order valence-electron chi connectivity index (χ1n) is 12.0. The molecule has 15 heteroatoms. The molecule has 1 heterocycles. The number of nitrogens with one attached hydrogen (secondary N) is 3. The zero-order chi connectivity index (χ0) is 30.1. The molecule has 0 aromatic heterocycles. The molecule has 1 aliphatic rings. The zero-order valence-corrected chi connectivity index (χ0v) is 23.2. The predicted octanol–water partition coefficient (Wildman–Crippen LogP) is 5.49. The van der Waals surface area contributed by atoms with Crippen LogP contribution in [0.25, 0.3) is 0 Å². The maximum Gasteiger partial charge on any atom is 0.416 e. The van der Waals surface area contributed by atoms with Crippen molar-refractivity contribution in [2.45, 2.75) is 75.0 Å². The molecule has 40 heavy (non-hydrogen) atoms. The Balaban J connectivity index is 1.77. The number of alkyl halides is 6. The first-order chi connectivity index (χ1) is 18.3. The van der Waals surface area contributed by atoms with E-state index in [-0.39, 0.29) is 24.6 Å². The normalized spacial score (nSPS) is 17.1. The Morgan fingerprint density at radius 3 is 2.38 bits per heavy atom. The van der Waals surface area contributed by atoms with Crippen LogP contribution in [0.4, 0.5) is 26.3 Å². The lowest BCUT2D eigenvalue weighted by atomic mass is 9.97. The summed E-state index contributed by atoms with van der Waals surface area (Å²) < 4.78 is 112. The van der Waals surface area contributed by atoms with Gasteiger partial charge in [-0.15, -0.1) is 0 Å². The minimum absolute atomic E-state index is 0.149. The van der Waals surface area contributed by atoms with Crippen LogP contribution in [-0.2, 0) is 27.5 Å². The number of carbonyl (C=O) groups excluding carboxylic acids is 1. The number of sulfonamides is 1. The highest BCUT2D eigenvalue weighted by atomic mass is 35.5. The Morgan fingerprint density at radius 2 is 1.77 bits per heavy atom. The van der Waals surface area contributed by atoms with E-state index in [9.17, 15) is 39.6 Å². The van der Waals surface area contributed by atoms with Crippen LogP contribution < -0.4 is 20.1 Å². The van der Waals surface area contributed by atoms with E-state index in [2.05, 4.69) is 10.6 Å². The lowest BCUT2D eigenvalue weighted by Gasteiger charge is -2.29. The number of carbonyl (C=O) groups is 1. The van der Waals surface area contributed by atoms with Gasteiger partial charge in [0.05, 0.1) is 29.5 Å². The number of fused-ring (bicyclic) bond motifs is 1. The van der Waals surface area contributed by atoms with Gasteiger partial charge in [-0.1, -0.05) is 17.7 Å². The van der Waals surface area contributed by atoms with Gasteiger partial charge < -0.3 is 15.4 Å². The molecule has 1 aliphatic heterocycles. The fraction of sp³-hybridized carbons (Fsp3) is 0.480. The van der Waals surface area contributed by atoms with Crippen molar-refractivity contribution in [1.82, 2.24) is 15.4 Å². The second-order valence-corrected chi connectivity index (χ2v) is 12.4. The average molecular weight is 616 g/mol. The van der Waals surface area contributed by atoms with Crippen LogP contribution in [0.1, 0.15) is 56.3 Å². The van der Waals surface area contributed by atoms with Gasteiger partial charge in [-0.3, -0.25) is 4.79 Å². The van der Waals surface area contributed by atoms with E-state index in [0.717, 1.165) is 12.1 Å². The second kappa shape index (κ2) is 11.7. The second-order valence-electron chi connectivity index (χ2n) is 10.3. The summed E-state index contributed by atoms with van der Waals surface area (Å²) in [4.78, 5) is 11.6. The Hall–Kier alpha value is -2.55. The molecule has 222 valence electrons. The Kier molecular flexibility index (Phi) is 9.39. The van der Waals surface area contributed by atoms with Crippen LogP contribution in [0.15, 0.2) is 41.3 Å².